The van der Waals surface area contributed by atoms with Crippen LogP contribution in [0.15, 0.2) is 53.3 Å². The number of nitro benzene ring substituents is 1. The molecular formula is C20H11FN4O3S. The highest BCUT2D eigenvalue weighted by molar-refractivity contribution is 7.07. The molecule has 0 saturated heterocycles. The summed E-state index contributed by atoms with van der Waals surface area (Å²) in [7, 11) is 0. The molecule has 7 nitrogen and oxygen atoms in total. The van der Waals surface area contributed by atoms with Crippen LogP contribution in [0.2, 0.25) is 0 Å². The molecule has 0 fully saturated rings. The highest BCUT2D eigenvalue weighted by Crippen LogP contribution is 2.17. The van der Waals surface area contributed by atoms with Crippen LogP contribution in [-0.2, 0) is 6.54 Å². The van der Waals surface area contributed by atoms with E-state index in [2.05, 4.69) is 0 Å². The molecule has 0 amide bonds. The second kappa shape index (κ2) is 8.30. The summed E-state index contributed by atoms with van der Waals surface area (Å²) in [4.78, 5) is 23.6. The number of hydrogen-bond acceptors (Lipinski definition) is 6. The highest BCUT2D eigenvalue weighted by Gasteiger charge is 2.13. The maximum absolute atomic E-state index is 13.2. The molecule has 0 aliphatic carbocycles. The predicted molar refractivity (Wildman–Crippen MR) is 105 cm³/mol. The molecule has 29 heavy (non-hydrogen) atoms. The van der Waals surface area contributed by atoms with Crippen molar-refractivity contribution < 1.29 is 9.31 Å². The Labute approximate surface area is 167 Å². The molecule has 0 saturated carbocycles. The summed E-state index contributed by atoms with van der Waals surface area (Å²) in [6.07, 6.45) is 1.36. The van der Waals surface area contributed by atoms with E-state index in [1.807, 2.05) is 0 Å². The summed E-state index contributed by atoms with van der Waals surface area (Å²) >= 11 is 0.897. The Balaban J connectivity index is 2.27. The summed E-state index contributed by atoms with van der Waals surface area (Å²) in [5.74, 6) is -0.432. The third-order valence-corrected chi connectivity index (χ3v) is 5.15. The number of aromatic nitrogens is 1. The quantitative estimate of drug-likeness (QED) is 0.486. The number of para-hydroxylation sites is 1. The lowest BCUT2D eigenvalue weighted by molar-refractivity contribution is -0.385. The van der Waals surface area contributed by atoms with E-state index in [4.69, 9.17) is 0 Å². The Morgan fingerprint density at radius 2 is 1.83 bits per heavy atom. The van der Waals surface area contributed by atoms with Gasteiger partial charge in [-0.2, -0.15) is 10.5 Å². The minimum absolute atomic E-state index is 0.0164. The monoisotopic (exact) mass is 406 g/mol. The van der Waals surface area contributed by atoms with Gasteiger partial charge in [-0.3, -0.25) is 19.5 Å². The van der Waals surface area contributed by atoms with E-state index in [1.165, 1.54) is 53.1 Å². The molecule has 1 heterocycles. The van der Waals surface area contributed by atoms with Crippen LogP contribution in [0, 0.1) is 38.6 Å². The maximum atomic E-state index is 13.2. The predicted octanol–water partition coefficient (Wildman–Crippen LogP) is 2.03. The van der Waals surface area contributed by atoms with Gasteiger partial charge in [-0.15, -0.1) is 11.3 Å². The van der Waals surface area contributed by atoms with Crippen molar-refractivity contribution in [1.29, 1.82) is 10.5 Å². The van der Waals surface area contributed by atoms with Gasteiger partial charge in [0.05, 0.1) is 21.6 Å². The van der Waals surface area contributed by atoms with Crippen molar-refractivity contribution in [2.45, 2.75) is 6.54 Å². The first-order valence-corrected chi connectivity index (χ1v) is 9.00. The number of rotatable bonds is 4. The average molecular weight is 406 g/mol. The number of nitro groups is 1. The Morgan fingerprint density at radius 1 is 1.17 bits per heavy atom. The number of thiazole rings is 1. The van der Waals surface area contributed by atoms with Crippen LogP contribution in [0.1, 0.15) is 11.1 Å². The van der Waals surface area contributed by atoms with E-state index in [9.17, 15) is 29.8 Å². The Morgan fingerprint density at radius 3 is 2.45 bits per heavy atom. The molecule has 0 aliphatic heterocycles. The van der Waals surface area contributed by atoms with Crippen LogP contribution in [0.4, 0.5) is 10.1 Å². The van der Waals surface area contributed by atoms with E-state index in [0.29, 0.717) is 5.56 Å². The van der Waals surface area contributed by atoms with E-state index in [-0.39, 0.29) is 32.6 Å². The molecule has 0 aliphatic rings. The Hall–Kier alpha value is -4.08. The van der Waals surface area contributed by atoms with Crippen molar-refractivity contribution >= 4 is 28.7 Å². The van der Waals surface area contributed by atoms with Crippen molar-refractivity contribution in [3.8, 4) is 12.1 Å². The first kappa shape index (κ1) is 19.7. The van der Waals surface area contributed by atoms with Crippen molar-refractivity contribution in [3.63, 3.8) is 0 Å². The van der Waals surface area contributed by atoms with Crippen LogP contribution >= 0.6 is 11.3 Å². The standard InChI is InChI=1S/C20H11FN4O3S/c21-16-7-5-13(6-8-16)12-24-19(26)18(29-20(24)15(10-22)11-23)9-14-3-1-2-4-17(14)25(27)28/h1-9H,12H2/b18-9-. The number of hydrogen-bond donors (Lipinski definition) is 0. The average Bonchev–Trinajstić information content (AvgIpc) is 3.00. The van der Waals surface area contributed by atoms with E-state index in [0.717, 1.165) is 11.3 Å². The molecule has 0 radical (unpaired) electrons. The van der Waals surface area contributed by atoms with Crippen molar-refractivity contribution in [2.75, 3.05) is 0 Å². The summed E-state index contributed by atoms with van der Waals surface area (Å²) in [6.45, 7) is 0.0164. The van der Waals surface area contributed by atoms with Gasteiger partial charge in [0, 0.05) is 6.07 Å². The van der Waals surface area contributed by atoms with Crippen LogP contribution in [0.3, 0.4) is 0 Å². The molecule has 0 atom stereocenters. The third kappa shape index (κ3) is 4.10. The Bertz CT molecular complexity index is 1340. The topological polar surface area (TPSA) is 113 Å². The smallest absolute Gasteiger partial charge is 0.276 e. The summed E-state index contributed by atoms with van der Waals surface area (Å²) in [6, 6.07) is 14.9. The first-order chi connectivity index (χ1) is 13.9. The van der Waals surface area contributed by atoms with E-state index >= 15 is 0 Å². The van der Waals surface area contributed by atoms with Crippen LogP contribution < -0.4 is 14.8 Å². The molecular weight excluding hydrogens is 395 g/mol. The van der Waals surface area contributed by atoms with Gasteiger partial charge < -0.3 is 0 Å². The van der Waals surface area contributed by atoms with Gasteiger partial charge in [-0.05, 0) is 29.8 Å². The van der Waals surface area contributed by atoms with Crippen LogP contribution in [0.25, 0.3) is 11.6 Å². The van der Waals surface area contributed by atoms with Gasteiger partial charge >= 0.3 is 0 Å². The third-order valence-electron chi connectivity index (χ3n) is 4.02. The van der Waals surface area contributed by atoms with Gasteiger partial charge in [-0.1, -0.05) is 24.3 Å². The maximum Gasteiger partial charge on any atom is 0.276 e. The molecule has 3 aromatic rings. The molecule has 2 aromatic carbocycles. The lowest BCUT2D eigenvalue weighted by atomic mass is 10.2. The van der Waals surface area contributed by atoms with Gasteiger partial charge in [-0.25, -0.2) is 4.39 Å². The van der Waals surface area contributed by atoms with Gasteiger partial charge in [0.25, 0.3) is 11.2 Å². The second-order valence-corrected chi connectivity index (χ2v) is 6.88. The molecule has 0 bridgehead atoms. The molecule has 0 spiro atoms. The van der Waals surface area contributed by atoms with Crippen molar-refractivity contribution in [1.82, 2.24) is 4.57 Å². The fourth-order valence-corrected chi connectivity index (χ4v) is 3.70. The summed E-state index contributed by atoms with van der Waals surface area (Å²) < 4.78 is 14.7. The number of halogens is 1. The number of nitrogens with zero attached hydrogens (tertiary/aromatic N) is 4. The zero-order chi connectivity index (χ0) is 21.0. The minimum atomic E-state index is -0.556. The number of nitriles is 2. The lowest BCUT2D eigenvalue weighted by Crippen LogP contribution is -2.32. The minimum Gasteiger partial charge on any atom is -0.293 e. The lowest BCUT2D eigenvalue weighted by Gasteiger charge is -2.02. The van der Waals surface area contributed by atoms with E-state index in [1.54, 1.807) is 18.2 Å². The van der Waals surface area contributed by atoms with Gasteiger partial charge in [0.2, 0.25) is 0 Å². The van der Waals surface area contributed by atoms with Crippen LogP contribution in [0.5, 0.6) is 0 Å². The number of benzene rings is 2. The van der Waals surface area contributed by atoms with E-state index < -0.39 is 16.3 Å². The molecule has 0 unspecified atom stereocenters. The van der Waals surface area contributed by atoms with Crippen LogP contribution in [-0.4, -0.2) is 9.49 Å². The molecule has 0 N–H and O–H groups in total. The zero-order valence-electron chi connectivity index (χ0n) is 14.7. The Kier molecular flexibility index (Phi) is 5.63. The fraction of sp³-hybridized carbons (Fsp3) is 0.0500. The normalized spacial score (nSPS) is 10.9. The molecule has 9 heteroatoms. The summed E-state index contributed by atoms with van der Waals surface area (Å²) in [5, 5.41) is 29.7. The zero-order valence-corrected chi connectivity index (χ0v) is 15.5. The summed E-state index contributed by atoms with van der Waals surface area (Å²) in [5.41, 5.74) is -0.101. The largest absolute Gasteiger partial charge is 0.293 e. The fourth-order valence-electron chi connectivity index (χ4n) is 2.66. The molecule has 1 aromatic heterocycles. The second-order valence-electron chi connectivity index (χ2n) is 5.85. The van der Waals surface area contributed by atoms with Crippen molar-refractivity contribution in [3.05, 3.63) is 95.1 Å². The first-order valence-electron chi connectivity index (χ1n) is 8.18. The van der Waals surface area contributed by atoms with Gasteiger partial charge in [0.15, 0.2) is 5.57 Å². The molecule has 3 rings (SSSR count). The van der Waals surface area contributed by atoms with Gasteiger partial charge in [0.1, 0.15) is 22.6 Å². The van der Waals surface area contributed by atoms with Crippen molar-refractivity contribution in [2.24, 2.45) is 0 Å². The highest BCUT2D eigenvalue weighted by atomic mass is 32.1. The SMILES string of the molecule is N#CC(C#N)=c1s/c(=C\c2ccccc2[N+](=O)[O-])c(=O)n1Cc1ccc(F)cc1. The molecule has 142 valence electrons.